The van der Waals surface area contributed by atoms with E-state index in [1.807, 2.05) is 30.3 Å². The second-order valence-electron chi connectivity index (χ2n) is 9.28. The van der Waals surface area contributed by atoms with Gasteiger partial charge in [0, 0.05) is 30.6 Å². The van der Waals surface area contributed by atoms with Crippen molar-refractivity contribution in [3.05, 3.63) is 63.9 Å². The first kappa shape index (κ1) is 23.2. The van der Waals surface area contributed by atoms with Crippen molar-refractivity contribution in [1.82, 2.24) is 24.8 Å². The number of carbonyl (C=O) groups excluding carboxylic acids is 1. The van der Waals surface area contributed by atoms with Crippen LogP contribution in [0, 0.1) is 5.92 Å². The molecule has 7 heteroatoms. The molecule has 0 bridgehead atoms. The summed E-state index contributed by atoms with van der Waals surface area (Å²) in [7, 11) is 0. The second kappa shape index (κ2) is 10.3. The number of rotatable bonds is 8. The highest BCUT2D eigenvalue weighted by Gasteiger charge is 2.28. The maximum Gasteiger partial charge on any atom is 0.257 e. The number of benzene rings is 1. The fraction of sp³-hybridized carbons (Fsp3) is 0.462. The zero-order valence-electron chi connectivity index (χ0n) is 19.9. The molecule has 3 aromatic rings. The summed E-state index contributed by atoms with van der Waals surface area (Å²) >= 11 is 0. The molecule has 7 nitrogen and oxygen atoms in total. The quantitative estimate of drug-likeness (QED) is 0.510. The average molecular weight is 449 g/mol. The van der Waals surface area contributed by atoms with Gasteiger partial charge in [-0.1, -0.05) is 57.5 Å². The van der Waals surface area contributed by atoms with Gasteiger partial charge in [0.05, 0.1) is 5.69 Å². The number of H-pyrrole nitrogens is 1. The van der Waals surface area contributed by atoms with Gasteiger partial charge in [-0.05, 0) is 38.3 Å². The highest BCUT2D eigenvalue weighted by Crippen LogP contribution is 2.31. The lowest BCUT2D eigenvalue weighted by atomic mass is 9.92. The number of hydrogen-bond acceptors (Lipinski definition) is 4. The maximum atomic E-state index is 13.2. The molecule has 1 aliphatic heterocycles. The monoisotopic (exact) mass is 448 g/mol. The van der Waals surface area contributed by atoms with Crippen LogP contribution in [0.15, 0.2) is 41.2 Å². The van der Waals surface area contributed by atoms with Gasteiger partial charge in [0.25, 0.3) is 11.5 Å². The molecule has 0 saturated carbocycles. The molecule has 0 aliphatic carbocycles. The number of likely N-dealkylation sites (tertiary alicyclic amines) is 1. The first-order valence-corrected chi connectivity index (χ1v) is 12.0. The van der Waals surface area contributed by atoms with Gasteiger partial charge < -0.3 is 15.2 Å². The van der Waals surface area contributed by atoms with Crippen molar-refractivity contribution in [2.75, 3.05) is 26.2 Å². The molecular weight excluding hydrogens is 414 g/mol. The fourth-order valence-corrected chi connectivity index (χ4v) is 4.67. The first-order chi connectivity index (χ1) is 16.0. The number of nitrogens with zero attached hydrogens (tertiary/aromatic N) is 3. The molecule has 1 aliphatic rings. The van der Waals surface area contributed by atoms with Crippen molar-refractivity contribution in [1.29, 1.82) is 0 Å². The summed E-state index contributed by atoms with van der Waals surface area (Å²) in [6, 6.07) is 11.4. The molecule has 1 aromatic carbocycles. The Labute approximate surface area is 195 Å². The molecule has 0 atom stereocenters. The third-order valence-electron chi connectivity index (χ3n) is 6.29. The topological polar surface area (TPSA) is 82.5 Å². The minimum absolute atomic E-state index is 0.195. The van der Waals surface area contributed by atoms with Gasteiger partial charge in [0.1, 0.15) is 16.9 Å². The lowest BCUT2D eigenvalue weighted by Gasteiger charge is -2.32. The van der Waals surface area contributed by atoms with Gasteiger partial charge in [-0.15, -0.1) is 0 Å². The maximum absolute atomic E-state index is 13.2. The number of piperidine rings is 1. The van der Waals surface area contributed by atoms with Gasteiger partial charge in [-0.2, -0.15) is 5.10 Å². The van der Waals surface area contributed by atoms with Crippen LogP contribution in [0.5, 0.6) is 0 Å². The number of aromatic nitrogens is 3. The molecule has 1 fully saturated rings. The summed E-state index contributed by atoms with van der Waals surface area (Å²) in [6.07, 6.45) is 3.82. The van der Waals surface area contributed by atoms with Crippen LogP contribution in [0.25, 0.3) is 16.9 Å². The summed E-state index contributed by atoms with van der Waals surface area (Å²) in [4.78, 5) is 31.3. The van der Waals surface area contributed by atoms with Gasteiger partial charge in [0.15, 0.2) is 0 Å². The van der Waals surface area contributed by atoms with Crippen LogP contribution in [-0.2, 0) is 0 Å². The third-order valence-corrected chi connectivity index (χ3v) is 6.29. The number of nitrogens with one attached hydrogen (secondary N) is 2. The van der Waals surface area contributed by atoms with Crippen LogP contribution in [0.4, 0.5) is 0 Å². The van der Waals surface area contributed by atoms with Crippen LogP contribution < -0.4 is 10.9 Å². The molecule has 2 aromatic heterocycles. The molecule has 2 N–H and O–H groups in total. The number of carbonyl (C=O) groups is 1. The largest absolute Gasteiger partial charge is 0.352 e. The van der Waals surface area contributed by atoms with Gasteiger partial charge in [-0.25, -0.2) is 4.52 Å². The van der Waals surface area contributed by atoms with Crippen LogP contribution >= 0.6 is 0 Å². The van der Waals surface area contributed by atoms with E-state index in [2.05, 4.69) is 36.0 Å². The molecule has 3 heterocycles. The molecule has 175 valence electrons. The molecule has 1 saturated heterocycles. The molecule has 4 rings (SSSR count). The molecule has 1 amide bonds. The Bertz CT molecular complexity index is 1140. The summed E-state index contributed by atoms with van der Waals surface area (Å²) in [6.45, 7) is 9.99. The Morgan fingerprint density at radius 1 is 1.18 bits per heavy atom. The van der Waals surface area contributed by atoms with E-state index in [9.17, 15) is 9.59 Å². The average Bonchev–Trinajstić information content (AvgIpc) is 3.19. The predicted molar refractivity (Wildman–Crippen MR) is 131 cm³/mol. The Hall–Kier alpha value is -2.93. The summed E-state index contributed by atoms with van der Waals surface area (Å²) in [5.74, 6) is 1.43. The predicted octanol–water partition coefficient (Wildman–Crippen LogP) is 4.01. The van der Waals surface area contributed by atoms with Crippen LogP contribution in [-0.4, -0.2) is 51.6 Å². The van der Waals surface area contributed by atoms with E-state index in [-0.39, 0.29) is 17.4 Å². The SMILES string of the molecule is CCCCNC(=O)c1c(-c2ccccc2)nn2c(C3CCN(C[C](C)C)CC3)cc(=O)[nH]c12. The number of fused-ring (bicyclic) bond motifs is 1. The Morgan fingerprint density at radius 3 is 2.58 bits per heavy atom. The second-order valence-corrected chi connectivity index (χ2v) is 9.28. The Morgan fingerprint density at radius 2 is 1.91 bits per heavy atom. The normalized spacial score (nSPS) is 15.4. The van der Waals surface area contributed by atoms with Crippen molar-refractivity contribution in [3.63, 3.8) is 0 Å². The summed E-state index contributed by atoms with van der Waals surface area (Å²) < 4.78 is 1.80. The van der Waals surface area contributed by atoms with E-state index >= 15 is 0 Å². The van der Waals surface area contributed by atoms with Crippen LogP contribution in [0.1, 0.15) is 68.4 Å². The van der Waals surface area contributed by atoms with E-state index < -0.39 is 0 Å². The van der Waals surface area contributed by atoms with Crippen molar-refractivity contribution in [3.8, 4) is 11.3 Å². The molecule has 0 spiro atoms. The van der Waals surface area contributed by atoms with Gasteiger partial charge in [-0.3, -0.25) is 9.59 Å². The smallest absolute Gasteiger partial charge is 0.257 e. The van der Waals surface area contributed by atoms with E-state index in [4.69, 9.17) is 5.10 Å². The minimum Gasteiger partial charge on any atom is -0.352 e. The standard InChI is InChI=1S/C26H34N5O2/c1-4-5-13-27-26(33)23-24(20-9-7-6-8-10-20)29-31-21(16-22(32)28-25(23)31)19-11-14-30(15-12-19)17-18(2)3/h6-10,16,19H,4-5,11-15,17H2,1-3H3,(H,27,33)(H,28,32). The van der Waals surface area contributed by atoms with Crippen molar-refractivity contribution < 1.29 is 4.79 Å². The zero-order valence-corrected chi connectivity index (χ0v) is 19.9. The number of amides is 1. The van der Waals surface area contributed by atoms with Gasteiger partial charge in [0.2, 0.25) is 0 Å². The lowest BCUT2D eigenvalue weighted by Crippen LogP contribution is -2.35. The Kier molecular flexibility index (Phi) is 7.28. The van der Waals surface area contributed by atoms with E-state index in [0.29, 0.717) is 23.4 Å². The van der Waals surface area contributed by atoms with Crippen LogP contribution in [0.2, 0.25) is 0 Å². The Balaban J connectivity index is 1.76. The zero-order chi connectivity index (χ0) is 23.4. The third kappa shape index (κ3) is 5.19. The van der Waals surface area contributed by atoms with Gasteiger partial charge >= 0.3 is 0 Å². The molecule has 1 radical (unpaired) electrons. The van der Waals surface area contributed by atoms with E-state index in [0.717, 1.165) is 56.6 Å². The van der Waals surface area contributed by atoms with Crippen LogP contribution in [0.3, 0.4) is 0 Å². The highest BCUT2D eigenvalue weighted by molar-refractivity contribution is 6.05. The highest BCUT2D eigenvalue weighted by atomic mass is 16.2. The molecule has 33 heavy (non-hydrogen) atoms. The molecule has 0 unspecified atom stereocenters. The van der Waals surface area contributed by atoms with Crippen molar-refractivity contribution >= 4 is 11.6 Å². The number of hydrogen-bond donors (Lipinski definition) is 2. The summed E-state index contributed by atoms with van der Waals surface area (Å²) in [5.41, 5.74) is 3.06. The summed E-state index contributed by atoms with van der Waals surface area (Å²) in [5, 5.41) is 7.89. The number of aromatic amines is 1. The van der Waals surface area contributed by atoms with Crippen molar-refractivity contribution in [2.45, 2.75) is 52.4 Å². The lowest BCUT2D eigenvalue weighted by molar-refractivity contribution is 0.0955. The fourth-order valence-electron chi connectivity index (χ4n) is 4.67. The minimum atomic E-state index is -0.200. The molecular formula is C26H34N5O2. The first-order valence-electron chi connectivity index (χ1n) is 12.0. The van der Waals surface area contributed by atoms with E-state index in [1.165, 1.54) is 5.92 Å². The van der Waals surface area contributed by atoms with E-state index in [1.54, 1.807) is 10.6 Å². The number of unbranched alkanes of at least 4 members (excludes halogenated alkanes) is 1. The van der Waals surface area contributed by atoms with Crippen molar-refractivity contribution in [2.24, 2.45) is 0 Å².